The van der Waals surface area contributed by atoms with Gasteiger partial charge in [-0.15, -0.1) is 0 Å². The largest absolute Gasteiger partial charge is 0.495 e. The third-order valence-electron chi connectivity index (χ3n) is 5.16. The summed E-state index contributed by atoms with van der Waals surface area (Å²) in [5.41, 5.74) is 0.665. The molecule has 3 amide bonds. The van der Waals surface area contributed by atoms with E-state index in [0.717, 1.165) is 0 Å². The summed E-state index contributed by atoms with van der Waals surface area (Å²) in [5.74, 6) is 0.562. The minimum atomic E-state index is -0.282. The maximum atomic E-state index is 12.6. The van der Waals surface area contributed by atoms with E-state index in [-0.39, 0.29) is 18.0 Å². The molecule has 0 saturated carbocycles. The number of methoxy groups -OCH3 is 1. The molecule has 0 aliphatic carbocycles. The number of rotatable bonds is 4. The number of hydrogen-bond acceptors (Lipinski definition) is 5. The van der Waals surface area contributed by atoms with Crippen molar-refractivity contribution >= 4 is 17.6 Å². The lowest BCUT2D eigenvalue weighted by Crippen LogP contribution is -2.57. The normalized spacial score (nSPS) is 19.5. The predicted octanol–water partition coefficient (Wildman–Crippen LogP) is 1.09. The molecule has 0 spiro atoms. The number of amides is 3. The van der Waals surface area contributed by atoms with E-state index in [1.165, 1.54) is 0 Å². The predicted molar refractivity (Wildman–Crippen MR) is 102 cm³/mol. The van der Waals surface area contributed by atoms with Crippen molar-refractivity contribution in [3.63, 3.8) is 0 Å². The summed E-state index contributed by atoms with van der Waals surface area (Å²) in [5, 5.41) is 2.94. The second-order valence-electron chi connectivity index (χ2n) is 6.77. The van der Waals surface area contributed by atoms with Gasteiger partial charge in [0.05, 0.1) is 32.1 Å². The quantitative estimate of drug-likeness (QED) is 0.852. The summed E-state index contributed by atoms with van der Waals surface area (Å²) in [6, 6.07) is 7.15. The van der Waals surface area contributed by atoms with E-state index < -0.39 is 0 Å². The highest BCUT2D eigenvalue weighted by atomic mass is 16.5. The van der Waals surface area contributed by atoms with Crippen LogP contribution < -0.4 is 10.1 Å². The summed E-state index contributed by atoms with van der Waals surface area (Å²) < 4.78 is 10.6. The molecule has 1 aromatic rings. The monoisotopic (exact) mass is 376 g/mol. The molecule has 2 aliphatic rings. The van der Waals surface area contributed by atoms with E-state index in [4.69, 9.17) is 9.47 Å². The molecule has 8 nitrogen and oxygen atoms in total. The Kier molecular flexibility index (Phi) is 6.52. The van der Waals surface area contributed by atoms with E-state index >= 15 is 0 Å². The minimum Gasteiger partial charge on any atom is -0.495 e. The summed E-state index contributed by atoms with van der Waals surface area (Å²) in [7, 11) is 1.58. The first kappa shape index (κ1) is 19.4. The number of benzene rings is 1. The van der Waals surface area contributed by atoms with E-state index in [2.05, 4.69) is 10.2 Å². The second-order valence-corrected chi connectivity index (χ2v) is 6.77. The Bertz CT molecular complexity index is 655. The molecule has 148 valence electrons. The van der Waals surface area contributed by atoms with Gasteiger partial charge in [-0.25, -0.2) is 4.79 Å². The summed E-state index contributed by atoms with van der Waals surface area (Å²) in [6.45, 7) is 7.01. The molecule has 2 fully saturated rings. The number of carbonyl (C=O) groups is 2. The fraction of sp³-hybridized carbons (Fsp3) is 0.579. The van der Waals surface area contributed by atoms with Crippen LogP contribution in [0.5, 0.6) is 5.75 Å². The Morgan fingerprint density at radius 1 is 1.04 bits per heavy atom. The number of nitrogens with one attached hydrogen (secondary N) is 1. The molecular weight excluding hydrogens is 348 g/mol. The van der Waals surface area contributed by atoms with Crippen molar-refractivity contribution in [2.24, 2.45) is 0 Å². The highest BCUT2D eigenvalue weighted by Gasteiger charge is 2.30. The number of morpholine rings is 1. The first-order valence-corrected chi connectivity index (χ1v) is 9.39. The Hall–Kier alpha value is -2.32. The van der Waals surface area contributed by atoms with Crippen LogP contribution in [0, 0.1) is 0 Å². The molecule has 2 saturated heterocycles. The lowest BCUT2D eigenvalue weighted by Gasteiger charge is -2.40. The maximum Gasteiger partial charge on any atom is 0.320 e. The Balaban J connectivity index is 1.51. The van der Waals surface area contributed by atoms with Crippen molar-refractivity contribution in [1.29, 1.82) is 0 Å². The van der Waals surface area contributed by atoms with Crippen LogP contribution in [-0.2, 0) is 9.53 Å². The fourth-order valence-corrected chi connectivity index (χ4v) is 3.41. The molecule has 27 heavy (non-hydrogen) atoms. The van der Waals surface area contributed by atoms with Gasteiger partial charge in [0.2, 0.25) is 5.91 Å². The molecule has 0 bridgehead atoms. The first-order chi connectivity index (χ1) is 13.1. The van der Waals surface area contributed by atoms with E-state index in [0.29, 0.717) is 63.9 Å². The lowest BCUT2D eigenvalue weighted by molar-refractivity contribution is -0.121. The number of nitrogens with zero attached hydrogens (tertiary/aromatic N) is 3. The van der Waals surface area contributed by atoms with Crippen molar-refractivity contribution in [1.82, 2.24) is 14.7 Å². The third-order valence-corrected chi connectivity index (χ3v) is 5.16. The first-order valence-electron chi connectivity index (χ1n) is 9.39. The zero-order valence-electron chi connectivity index (χ0n) is 16.0. The highest BCUT2D eigenvalue weighted by Crippen LogP contribution is 2.23. The molecule has 0 aromatic heterocycles. The lowest BCUT2D eigenvalue weighted by atomic mass is 10.2. The van der Waals surface area contributed by atoms with Crippen LogP contribution in [0.15, 0.2) is 24.3 Å². The smallest absolute Gasteiger partial charge is 0.320 e. The molecule has 1 atom stereocenters. The summed E-state index contributed by atoms with van der Waals surface area (Å²) in [6.07, 6.45) is 0. The van der Waals surface area contributed by atoms with Gasteiger partial charge in [-0.2, -0.15) is 0 Å². The number of piperazine rings is 1. The Labute approximate surface area is 160 Å². The molecule has 8 heteroatoms. The van der Waals surface area contributed by atoms with Gasteiger partial charge in [0.15, 0.2) is 0 Å². The second kappa shape index (κ2) is 9.05. The summed E-state index contributed by atoms with van der Waals surface area (Å²) in [4.78, 5) is 31.0. The van der Waals surface area contributed by atoms with Crippen LogP contribution in [-0.4, -0.2) is 92.3 Å². The zero-order valence-corrected chi connectivity index (χ0v) is 16.0. The molecule has 1 aromatic carbocycles. The minimum absolute atomic E-state index is 0.0732. The SMILES string of the molecule is COc1ccccc1NC(=O)C(C)N1CCN(C(=O)N2CCOCC2)CC1. The molecule has 1 unspecified atom stereocenters. The van der Waals surface area contributed by atoms with Crippen LogP contribution in [0.25, 0.3) is 0 Å². The number of urea groups is 1. The van der Waals surface area contributed by atoms with Crippen LogP contribution in [0.3, 0.4) is 0 Å². The van der Waals surface area contributed by atoms with Gasteiger partial charge in [-0.05, 0) is 19.1 Å². The van der Waals surface area contributed by atoms with Crippen LogP contribution in [0.4, 0.5) is 10.5 Å². The van der Waals surface area contributed by atoms with Gasteiger partial charge in [0.25, 0.3) is 0 Å². The van der Waals surface area contributed by atoms with E-state index in [1.807, 2.05) is 41.0 Å². The highest BCUT2D eigenvalue weighted by molar-refractivity contribution is 5.95. The average Bonchev–Trinajstić information content (AvgIpc) is 2.73. The average molecular weight is 376 g/mol. The fourth-order valence-electron chi connectivity index (χ4n) is 3.41. The van der Waals surface area contributed by atoms with Gasteiger partial charge in [-0.3, -0.25) is 9.69 Å². The number of hydrogen-bond donors (Lipinski definition) is 1. The number of ether oxygens (including phenoxy) is 2. The van der Waals surface area contributed by atoms with Crippen molar-refractivity contribution in [2.45, 2.75) is 13.0 Å². The van der Waals surface area contributed by atoms with Gasteiger partial charge in [-0.1, -0.05) is 12.1 Å². The standard InChI is InChI=1S/C19H28N4O4/c1-15(18(24)20-16-5-3-4-6-17(16)26-2)21-7-9-22(10-8-21)19(25)23-11-13-27-14-12-23/h3-6,15H,7-14H2,1-2H3,(H,20,24). The zero-order chi connectivity index (χ0) is 19.2. The van der Waals surface area contributed by atoms with Crippen LogP contribution >= 0.6 is 0 Å². The molecule has 2 heterocycles. The van der Waals surface area contributed by atoms with Crippen molar-refractivity contribution in [2.75, 3.05) is 64.9 Å². The van der Waals surface area contributed by atoms with Gasteiger partial charge >= 0.3 is 6.03 Å². The number of carbonyl (C=O) groups excluding carboxylic acids is 2. The van der Waals surface area contributed by atoms with Crippen molar-refractivity contribution < 1.29 is 19.1 Å². The maximum absolute atomic E-state index is 12.6. The Morgan fingerprint density at radius 2 is 1.67 bits per heavy atom. The van der Waals surface area contributed by atoms with Crippen molar-refractivity contribution in [3.05, 3.63) is 24.3 Å². The van der Waals surface area contributed by atoms with Crippen LogP contribution in [0.2, 0.25) is 0 Å². The molecule has 0 radical (unpaired) electrons. The molecular formula is C19H28N4O4. The molecule has 3 rings (SSSR count). The van der Waals surface area contributed by atoms with Gasteiger partial charge in [0.1, 0.15) is 5.75 Å². The molecule has 2 aliphatic heterocycles. The van der Waals surface area contributed by atoms with Crippen LogP contribution in [0.1, 0.15) is 6.92 Å². The number of para-hydroxylation sites is 2. The number of anilines is 1. The van der Waals surface area contributed by atoms with E-state index in [9.17, 15) is 9.59 Å². The third kappa shape index (κ3) is 4.70. The van der Waals surface area contributed by atoms with E-state index in [1.54, 1.807) is 7.11 Å². The van der Waals surface area contributed by atoms with Gasteiger partial charge in [0, 0.05) is 39.3 Å². The van der Waals surface area contributed by atoms with Gasteiger partial charge < -0.3 is 24.6 Å². The Morgan fingerprint density at radius 3 is 2.33 bits per heavy atom. The topological polar surface area (TPSA) is 74.4 Å². The molecule has 1 N–H and O–H groups in total. The van der Waals surface area contributed by atoms with Crippen molar-refractivity contribution in [3.8, 4) is 5.75 Å². The summed E-state index contributed by atoms with van der Waals surface area (Å²) >= 11 is 0.